The van der Waals surface area contributed by atoms with Crippen molar-refractivity contribution in [3.63, 3.8) is 0 Å². The lowest BCUT2D eigenvalue weighted by Crippen LogP contribution is -2.50. The second-order valence-electron chi connectivity index (χ2n) is 6.97. The number of carbonyl (C=O) groups is 1. The third-order valence-electron chi connectivity index (χ3n) is 4.33. The van der Waals surface area contributed by atoms with Crippen molar-refractivity contribution in [2.24, 2.45) is 0 Å². The van der Waals surface area contributed by atoms with Gasteiger partial charge in [-0.3, -0.25) is 9.10 Å². The average Bonchev–Trinajstić information content (AvgIpc) is 2.67. The van der Waals surface area contributed by atoms with Crippen molar-refractivity contribution >= 4 is 21.6 Å². The third-order valence-corrected chi connectivity index (χ3v) is 5.57. The Hall–Kier alpha value is -2.74. The molecule has 0 aliphatic carbocycles. The van der Waals surface area contributed by atoms with Gasteiger partial charge in [0, 0.05) is 0 Å². The van der Waals surface area contributed by atoms with E-state index in [2.05, 4.69) is 5.32 Å². The Bertz CT molecular complexity index is 911. The number of benzene rings is 2. The van der Waals surface area contributed by atoms with E-state index in [0.717, 1.165) is 16.1 Å². The molecule has 0 fully saturated rings. The SMILES string of the molecule is COc1ccc(N([C@H](C)C(=O)N[C@H](C)COc2ccc(C)cc2)S(C)(=O)=O)cc1. The Balaban J connectivity index is 2.04. The van der Waals surface area contributed by atoms with Gasteiger partial charge in [0.1, 0.15) is 24.1 Å². The normalized spacial score (nSPS) is 13.3. The molecule has 0 unspecified atom stereocenters. The standard InChI is InChI=1S/C21H28N2O5S/c1-15-6-10-20(11-7-15)28-14-16(2)22-21(24)17(3)23(29(5,25)26)18-8-12-19(27-4)13-9-18/h6-13,16-17H,14H2,1-5H3,(H,22,24)/t16-,17-/m1/s1. The van der Waals surface area contributed by atoms with Crippen LogP contribution in [0, 0.1) is 6.92 Å². The summed E-state index contributed by atoms with van der Waals surface area (Å²) in [5.41, 5.74) is 1.52. The molecule has 2 atom stereocenters. The molecule has 8 heteroatoms. The summed E-state index contributed by atoms with van der Waals surface area (Å²) in [4.78, 5) is 12.7. The van der Waals surface area contributed by atoms with E-state index >= 15 is 0 Å². The fourth-order valence-electron chi connectivity index (χ4n) is 2.80. The largest absolute Gasteiger partial charge is 0.497 e. The monoisotopic (exact) mass is 420 g/mol. The van der Waals surface area contributed by atoms with Crippen LogP contribution in [0.15, 0.2) is 48.5 Å². The van der Waals surface area contributed by atoms with E-state index in [1.807, 2.05) is 31.2 Å². The van der Waals surface area contributed by atoms with Crippen LogP contribution in [0.25, 0.3) is 0 Å². The van der Waals surface area contributed by atoms with Crippen molar-refractivity contribution in [2.75, 3.05) is 24.3 Å². The maximum absolute atomic E-state index is 12.7. The molecule has 0 radical (unpaired) electrons. The van der Waals surface area contributed by atoms with Gasteiger partial charge >= 0.3 is 0 Å². The summed E-state index contributed by atoms with van der Waals surface area (Å²) < 4.78 is 36.6. The Morgan fingerprint density at radius 1 is 1.03 bits per heavy atom. The van der Waals surface area contributed by atoms with Crippen LogP contribution in [-0.2, 0) is 14.8 Å². The molecule has 0 aromatic heterocycles. The molecule has 1 amide bonds. The molecule has 0 bridgehead atoms. The summed E-state index contributed by atoms with van der Waals surface area (Å²) in [5.74, 6) is 0.896. The summed E-state index contributed by atoms with van der Waals surface area (Å²) in [6.07, 6.45) is 1.07. The molecule has 2 rings (SSSR count). The van der Waals surface area contributed by atoms with Crippen LogP contribution in [0.1, 0.15) is 19.4 Å². The summed E-state index contributed by atoms with van der Waals surface area (Å²) in [6, 6.07) is 12.9. The number of hydrogen-bond acceptors (Lipinski definition) is 5. The zero-order valence-corrected chi connectivity index (χ0v) is 18.2. The number of rotatable bonds is 9. The molecule has 2 aromatic carbocycles. The lowest BCUT2D eigenvalue weighted by atomic mass is 10.2. The van der Waals surface area contributed by atoms with E-state index in [1.165, 1.54) is 7.11 Å². The highest BCUT2D eigenvalue weighted by atomic mass is 32.2. The van der Waals surface area contributed by atoms with Gasteiger partial charge in [0.05, 0.1) is 25.1 Å². The van der Waals surface area contributed by atoms with Crippen molar-refractivity contribution in [3.05, 3.63) is 54.1 Å². The summed E-state index contributed by atoms with van der Waals surface area (Å²) in [5, 5.41) is 2.81. The first-order valence-corrected chi connectivity index (χ1v) is 11.1. The fourth-order valence-corrected chi connectivity index (χ4v) is 3.97. The smallest absolute Gasteiger partial charge is 0.243 e. The first-order chi connectivity index (χ1) is 13.6. The highest BCUT2D eigenvalue weighted by Gasteiger charge is 2.29. The third kappa shape index (κ3) is 6.39. The van der Waals surface area contributed by atoms with Crippen LogP contribution in [-0.4, -0.2) is 46.4 Å². The first-order valence-electron chi connectivity index (χ1n) is 9.25. The Labute approximate surface area is 172 Å². The molecule has 0 spiro atoms. The maximum atomic E-state index is 12.7. The number of nitrogens with one attached hydrogen (secondary N) is 1. The molecule has 29 heavy (non-hydrogen) atoms. The van der Waals surface area contributed by atoms with Gasteiger partial charge in [-0.2, -0.15) is 0 Å². The lowest BCUT2D eigenvalue weighted by Gasteiger charge is -2.29. The van der Waals surface area contributed by atoms with E-state index < -0.39 is 22.0 Å². The van der Waals surface area contributed by atoms with Crippen molar-refractivity contribution in [3.8, 4) is 11.5 Å². The topological polar surface area (TPSA) is 84.9 Å². The number of hydrogen-bond donors (Lipinski definition) is 1. The van der Waals surface area contributed by atoms with E-state index in [0.29, 0.717) is 17.2 Å². The number of amides is 1. The molecule has 7 nitrogen and oxygen atoms in total. The minimum atomic E-state index is -3.68. The predicted molar refractivity (Wildman–Crippen MR) is 114 cm³/mol. The highest BCUT2D eigenvalue weighted by Crippen LogP contribution is 2.24. The van der Waals surface area contributed by atoms with Crippen LogP contribution in [0.3, 0.4) is 0 Å². The van der Waals surface area contributed by atoms with Gasteiger partial charge in [0.2, 0.25) is 15.9 Å². The Kier molecular flexibility index (Phi) is 7.50. The summed E-state index contributed by atoms with van der Waals surface area (Å²) in [7, 11) is -2.15. The first kappa shape index (κ1) is 22.5. The number of ether oxygens (including phenoxy) is 2. The van der Waals surface area contributed by atoms with Crippen molar-refractivity contribution in [1.82, 2.24) is 5.32 Å². The molecule has 1 N–H and O–H groups in total. The molecule has 0 saturated heterocycles. The van der Waals surface area contributed by atoms with Crippen LogP contribution >= 0.6 is 0 Å². The van der Waals surface area contributed by atoms with Gasteiger partial charge in [-0.1, -0.05) is 17.7 Å². The van der Waals surface area contributed by atoms with Gasteiger partial charge < -0.3 is 14.8 Å². The van der Waals surface area contributed by atoms with E-state index in [-0.39, 0.29) is 12.6 Å². The number of sulfonamides is 1. The molecule has 2 aromatic rings. The summed E-state index contributed by atoms with van der Waals surface area (Å²) in [6.45, 7) is 5.61. The summed E-state index contributed by atoms with van der Waals surface area (Å²) >= 11 is 0. The Morgan fingerprint density at radius 2 is 1.59 bits per heavy atom. The van der Waals surface area contributed by atoms with Gasteiger partial charge in [0.25, 0.3) is 0 Å². The van der Waals surface area contributed by atoms with Gasteiger partial charge in [-0.05, 0) is 57.2 Å². The minimum absolute atomic E-state index is 0.267. The van der Waals surface area contributed by atoms with E-state index in [1.54, 1.807) is 38.1 Å². The maximum Gasteiger partial charge on any atom is 0.243 e. The van der Waals surface area contributed by atoms with Crippen LogP contribution in [0.5, 0.6) is 11.5 Å². The number of nitrogens with zero attached hydrogens (tertiary/aromatic N) is 1. The molecule has 0 aliphatic rings. The minimum Gasteiger partial charge on any atom is -0.497 e. The van der Waals surface area contributed by atoms with Crippen molar-refractivity contribution < 1.29 is 22.7 Å². The zero-order valence-electron chi connectivity index (χ0n) is 17.4. The molecule has 0 saturated carbocycles. The van der Waals surface area contributed by atoms with Gasteiger partial charge in [-0.15, -0.1) is 0 Å². The van der Waals surface area contributed by atoms with Gasteiger partial charge in [-0.25, -0.2) is 8.42 Å². The average molecular weight is 421 g/mol. The number of anilines is 1. The van der Waals surface area contributed by atoms with Crippen molar-refractivity contribution in [2.45, 2.75) is 32.9 Å². The zero-order chi connectivity index (χ0) is 21.6. The second kappa shape index (κ2) is 9.65. The van der Waals surface area contributed by atoms with E-state index in [9.17, 15) is 13.2 Å². The number of carbonyl (C=O) groups excluding carboxylic acids is 1. The molecule has 0 aliphatic heterocycles. The Morgan fingerprint density at radius 3 is 2.10 bits per heavy atom. The quantitative estimate of drug-likeness (QED) is 0.674. The molecular formula is C21H28N2O5S. The van der Waals surface area contributed by atoms with E-state index in [4.69, 9.17) is 9.47 Å². The second-order valence-corrected chi connectivity index (χ2v) is 8.83. The van der Waals surface area contributed by atoms with Gasteiger partial charge in [0.15, 0.2) is 0 Å². The van der Waals surface area contributed by atoms with Crippen molar-refractivity contribution in [1.29, 1.82) is 0 Å². The van der Waals surface area contributed by atoms with Crippen LogP contribution in [0.2, 0.25) is 0 Å². The fraction of sp³-hybridized carbons (Fsp3) is 0.381. The number of aryl methyl sites for hydroxylation is 1. The lowest BCUT2D eigenvalue weighted by molar-refractivity contribution is -0.122. The van der Waals surface area contributed by atoms with Crippen LogP contribution in [0.4, 0.5) is 5.69 Å². The predicted octanol–water partition coefficient (Wildman–Crippen LogP) is 2.74. The highest BCUT2D eigenvalue weighted by molar-refractivity contribution is 7.92. The molecule has 0 heterocycles. The molecule has 158 valence electrons. The number of methoxy groups -OCH3 is 1. The molecular weight excluding hydrogens is 392 g/mol. The van der Waals surface area contributed by atoms with Crippen LogP contribution < -0.4 is 19.1 Å².